The number of fused-ring (bicyclic) bond motifs is 1. The summed E-state index contributed by atoms with van der Waals surface area (Å²) >= 11 is 0.0271. The average Bonchev–Trinajstić information content (AvgIpc) is 2.77. The van der Waals surface area contributed by atoms with Crippen molar-refractivity contribution >= 4 is 32.7 Å². The molecule has 2 amide bonds. The second-order valence-corrected chi connectivity index (χ2v) is 6.76. The summed E-state index contributed by atoms with van der Waals surface area (Å²) in [5.41, 5.74) is 6.47. The first-order valence-corrected chi connectivity index (χ1v) is 7.68. The molecule has 2 unspecified atom stereocenters. The Bertz CT molecular complexity index is 609. The number of primary amides is 1. The first kappa shape index (κ1) is 12.2. The molecule has 1 aliphatic heterocycles. The van der Waals surface area contributed by atoms with Crippen molar-refractivity contribution in [3.63, 3.8) is 0 Å². The molecule has 2 N–H and O–H groups in total. The molecule has 2 atom stereocenters. The molecule has 1 aliphatic carbocycles. The summed E-state index contributed by atoms with van der Waals surface area (Å²) in [4.78, 5) is 23.8. The molecule has 5 heteroatoms. The van der Waals surface area contributed by atoms with Crippen LogP contribution in [0.15, 0.2) is 48.6 Å². The zero-order chi connectivity index (χ0) is 13.4. The van der Waals surface area contributed by atoms with Crippen molar-refractivity contribution in [1.82, 2.24) is 0 Å². The molecule has 1 aromatic carbocycles. The van der Waals surface area contributed by atoms with E-state index < -0.39 is 5.91 Å². The van der Waals surface area contributed by atoms with Gasteiger partial charge < -0.3 is 0 Å². The maximum absolute atomic E-state index is 12.4. The van der Waals surface area contributed by atoms with E-state index in [1.165, 1.54) is 0 Å². The van der Waals surface area contributed by atoms with Gasteiger partial charge in [0, 0.05) is 0 Å². The van der Waals surface area contributed by atoms with Gasteiger partial charge in [0.2, 0.25) is 0 Å². The van der Waals surface area contributed by atoms with Gasteiger partial charge in [-0.3, -0.25) is 0 Å². The fraction of sp³-hybridized carbons (Fsp3) is 0.143. The molecule has 0 saturated carbocycles. The summed E-state index contributed by atoms with van der Waals surface area (Å²) in [6, 6.07) is 6.95. The van der Waals surface area contributed by atoms with Gasteiger partial charge in [0.15, 0.2) is 0 Å². The normalized spacial score (nSPS) is 24.6. The quantitative estimate of drug-likeness (QED) is 0.835. The second kappa shape index (κ2) is 4.68. The third-order valence-electron chi connectivity index (χ3n) is 3.16. The number of amides is 2. The van der Waals surface area contributed by atoms with Gasteiger partial charge in [-0.05, 0) is 0 Å². The van der Waals surface area contributed by atoms with Crippen molar-refractivity contribution in [1.29, 1.82) is 0 Å². The minimum absolute atomic E-state index is 0.0271. The number of nitrogens with zero attached hydrogens (tertiary/aromatic N) is 1. The first-order valence-electron chi connectivity index (χ1n) is 5.92. The summed E-state index contributed by atoms with van der Waals surface area (Å²) in [6.45, 7) is 0. The molecule has 19 heavy (non-hydrogen) atoms. The molecule has 1 fully saturated rings. The molecule has 1 saturated heterocycles. The van der Waals surface area contributed by atoms with Gasteiger partial charge in [0.05, 0.1) is 0 Å². The van der Waals surface area contributed by atoms with Crippen LogP contribution in [-0.4, -0.2) is 27.0 Å². The molecule has 1 heterocycles. The van der Waals surface area contributed by atoms with Crippen molar-refractivity contribution in [3.8, 4) is 0 Å². The molecule has 3 rings (SSSR count). The van der Waals surface area contributed by atoms with Crippen molar-refractivity contribution in [3.05, 3.63) is 54.1 Å². The first-order chi connectivity index (χ1) is 9.16. The summed E-state index contributed by atoms with van der Waals surface area (Å²) in [5.74, 6) is -0.423. The van der Waals surface area contributed by atoms with E-state index in [-0.39, 0.29) is 31.8 Å². The molecule has 96 valence electrons. The number of anilines is 1. The Morgan fingerprint density at radius 1 is 1.26 bits per heavy atom. The van der Waals surface area contributed by atoms with E-state index in [0.717, 1.165) is 5.69 Å². The van der Waals surface area contributed by atoms with Gasteiger partial charge in [-0.1, -0.05) is 0 Å². The standard InChI is InChI=1S/C14H12N2O2Se/c15-13(17)9-4-3-5-10(8-9)16-14(18)11-6-1-2-7-12(11)19-16/h1-8,11-12H,(H2,15,17). The molecular weight excluding hydrogens is 307 g/mol. The Balaban J connectivity index is 1.93. The summed E-state index contributed by atoms with van der Waals surface area (Å²) in [6.07, 6.45) is 7.94. The van der Waals surface area contributed by atoms with E-state index in [0.29, 0.717) is 5.56 Å². The second-order valence-electron chi connectivity index (χ2n) is 4.41. The van der Waals surface area contributed by atoms with Crippen LogP contribution in [0.5, 0.6) is 0 Å². The number of rotatable bonds is 2. The number of carbonyl (C=O) groups excluding carboxylic acids is 2. The van der Waals surface area contributed by atoms with E-state index in [9.17, 15) is 9.59 Å². The van der Waals surface area contributed by atoms with Crippen LogP contribution < -0.4 is 9.65 Å². The number of hydrogen-bond donors (Lipinski definition) is 1. The molecule has 0 bridgehead atoms. The molecule has 0 aromatic heterocycles. The summed E-state index contributed by atoms with van der Waals surface area (Å²) in [5, 5.41) is 0. The summed E-state index contributed by atoms with van der Waals surface area (Å²) < 4.78 is 1.79. The van der Waals surface area contributed by atoms with Crippen LogP contribution in [-0.2, 0) is 4.79 Å². The predicted molar refractivity (Wildman–Crippen MR) is 73.7 cm³/mol. The Labute approximate surface area is 117 Å². The summed E-state index contributed by atoms with van der Waals surface area (Å²) in [7, 11) is 0. The van der Waals surface area contributed by atoms with Gasteiger partial charge in [0.25, 0.3) is 0 Å². The zero-order valence-electron chi connectivity index (χ0n) is 10.0. The van der Waals surface area contributed by atoms with Crippen LogP contribution in [0, 0.1) is 5.92 Å². The molecule has 0 spiro atoms. The SMILES string of the molecule is NC(=O)c1cccc(N2[Se]C3C=CC=CC3C2=O)c1. The van der Waals surface area contributed by atoms with Crippen LogP contribution in [0.3, 0.4) is 0 Å². The molecule has 0 radical (unpaired) electrons. The number of allylic oxidation sites excluding steroid dienone is 3. The molecular formula is C14H12N2O2Se. The van der Waals surface area contributed by atoms with Crippen molar-refractivity contribution < 1.29 is 9.59 Å². The van der Waals surface area contributed by atoms with Gasteiger partial charge >= 0.3 is 117 Å². The number of hydrogen-bond acceptors (Lipinski definition) is 2. The molecule has 4 nitrogen and oxygen atoms in total. The Morgan fingerprint density at radius 2 is 2.05 bits per heavy atom. The van der Waals surface area contributed by atoms with E-state index in [1.54, 1.807) is 22.1 Å². The number of nitrogens with two attached hydrogens (primary N) is 1. The van der Waals surface area contributed by atoms with Crippen LogP contribution in [0.25, 0.3) is 0 Å². The third-order valence-corrected chi connectivity index (χ3v) is 5.88. The monoisotopic (exact) mass is 320 g/mol. The Kier molecular flexibility index (Phi) is 3.01. The molecule has 2 aliphatic rings. The van der Waals surface area contributed by atoms with Crippen molar-refractivity contribution in [2.75, 3.05) is 3.92 Å². The number of benzene rings is 1. The Morgan fingerprint density at radius 3 is 2.79 bits per heavy atom. The fourth-order valence-electron chi connectivity index (χ4n) is 2.19. The van der Waals surface area contributed by atoms with Crippen LogP contribution in [0.4, 0.5) is 5.69 Å². The van der Waals surface area contributed by atoms with E-state index in [2.05, 4.69) is 6.08 Å². The maximum atomic E-state index is 12.4. The van der Waals surface area contributed by atoms with E-state index in [4.69, 9.17) is 5.73 Å². The van der Waals surface area contributed by atoms with Crippen molar-refractivity contribution in [2.45, 2.75) is 4.82 Å². The molecule has 1 aromatic rings. The average molecular weight is 319 g/mol. The number of carbonyl (C=O) groups is 2. The minimum atomic E-state index is -0.474. The fourth-order valence-corrected chi connectivity index (χ4v) is 4.72. The van der Waals surface area contributed by atoms with Crippen molar-refractivity contribution in [2.24, 2.45) is 11.7 Å². The van der Waals surface area contributed by atoms with E-state index in [1.807, 2.05) is 24.3 Å². The Hall–Kier alpha value is -1.84. The predicted octanol–water partition coefficient (Wildman–Crippen LogP) is 1.28. The van der Waals surface area contributed by atoms with Gasteiger partial charge in [0.1, 0.15) is 0 Å². The van der Waals surface area contributed by atoms with Crippen LogP contribution in [0.1, 0.15) is 10.4 Å². The van der Waals surface area contributed by atoms with Crippen LogP contribution in [0.2, 0.25) is 4.82 Å². The zero-order valence-corrected chi connectivity index (χ0v) is 11.7. The van der Waals surface area contributed by atoms with E-state index >= 15 is 0 Å². The van der Waals surface area contributed by atoms with Gasteiger partial charge in [-0.25, -0.2) is 0 Å². The van der Waals surface area contributed by atoms with Crippen LogP contribution >= 0.6 is 0 Å². The topological polar surface area (TPSA) is 63.4 Å². The van der Waals surface area contributed by atoms with Gasteiger partial charge in [-0.15, -0.1) is 0 Å². The third kappa shape index (κ3) is 2.11. The van der Waals surface area contributed by atoms with Gasteiger partial charge in [-0.2, -0.15) is 0 Å².